The minimum atomic E-state index is -3.47. The molecule has 1 aliphatic heterocycles. The number of nitrogens with one attached hydrogen (secondary N) is 1. The Bertz CT molecular complexity index is 847. The maximum atomic E-state index is 12.8. The first kappa shape index (κ1) is 19.2. The molecule has 0 unspecified atom stereocenters. The highest BCUT2D eigenvalue weighted by molar-refractivity contribution is 7.89. The van der Waals surface area contributed by atoms with Crippen LogP contribution in [0.3, 0.4) is 0 Å². The molecule has 2 aromatic rings. The minimum absolute atomic E-state index is 0.231. The normalized spacial score (nSPS) is 17.8. The summed E-state index contributed by atoms with van der Waals surface area (Å²) in [4.78, 5) is 1.65. The lowest BCUT2D eigenvalue weighted by Gasteiger charge is -2.35. The van der Waals surface area contributed by atoms with Crippen LogP contribution in [0.1, 0.15) is 18.5 Å². The largest absolute Gasteiger partial charge is 0.497 e. The van der Waals surface area contributed by atoms with Crippen molar-refractivity contribution in [3.8, 4) is 5.75 Å². The Kier molecular flexibility index (Phi) is 5.87. The van der Waals surface area contributed by atoms with Crippen LogP contribution in [0, 0.1) is 0 Å². The zero-order valence-electron chi connectivity index (χ0n) is 15.0. The number of hydrogen-bond acceptors (Lipinski definition) is 3. The Morgan fingerprint density at radius 3 is 2.27 bits per heavy atom. The van der Waals surface area contributed by atoms with E-state index in [0.717, 1.165) is 23.7 Å². The molecule has 1 atom stereocenters. The van der Waals surface area contributed by atoms with Crippen molar-refractivity contribution in [2.24, 2.45) is 0 Å². The van der Waals surface area contributed by atoms with E-state index >= 15 is 0 Å². The first-order valence-electron chi connectivity index (χ1n) is 8.66. The lowest BCUT2D eigenvalue weighted by Crippen LogP contribution is -3.14. The third-order valence-electron chi connectivity index (χ3n) is 5.05. The lowest BCUT2D eigenvalue weighted by atomic mass is 10.1. The van der Waals surface area contributed by atoms with Crippen molar-refractivity contribution in [1.29, 1.82) is 0 Å². The van der Waals surface area contributed by atoms with Crippen molar-refractivity contribution in [2.45, 2.75) is 17.9 Å². The van der Waals surface area contributed by atoms with Crippen molar-refractivity contribution in [3.63, 3.8) is 0 Å². The van der Waals surface area contributed by atoms with E-state index in [2.05, 4.69) is 6.92 Å². The number of nitrogens with zero attached hydrogens (tertiary/aromatic N) is 1. The molecule has 1 aliphatic rings. The van der Waals surface area contributed by atoms with Gasteiger partial charge >= 0.3 is 0 Å². The molecule has 7 heteroatoms. The Labute approximate surface area is 160 Å². The number of methoxy groups -OCH3 is 1. The molecule has 0 aliphatic carbocycles. The molecule has 0 amide bonds. The highest BCUT2D eigenvalue weighted by Gasteiger charge is 2.33. The highest BCUT2D eigenvalue weighted by atomic mass is 35.5. The summed E-state index contributed by atoms with van der Waals surface area (Å²) in [6.45, 7) is 4.64. The van der Waals surface area contributed by atoms with Gasteiger partial charge in [0.2, 0.25) is 10.0 Å². The van der Waals surface area contributed by atoms with Gasteiger partial charge in [-0.25, -0.2) is 8.42 Å². The molecule has 1 fully saturated rings. The van der Waals surface area contributed by atoms with Crippen LogP contribution in [-0.4, -0.2) is 46.0 Å². The zero-order chi connectivity index (χ0) is 18.7. The van der Waals surface area contributed by atoms with Crippen LogP contribution in [0.5, 0.6) is 5.75 Å². The maximum Gasteiger partial charge on any atom is 0.243 e. The molecule has 0 radical (unpaired) electrons. The molecule has 1 N–H and O–H groups in total. The van der Waals surface area contributed by atoms with Crippen molar-refractivity contribution in [1.82, 2.24) is 4.31 Å². The van der Waals surface area contributed by atoms with Crippen LogP contribution in [0.15, 0.2) is 53.4 Å². The summed E-state index contributed by atoms with van der Waals surface area (Å²) in [5.74, 6) is 0.645. The Balaban J connectivity index is 1.68. The topological polar surface area (TPSA) is 51.1 Å². The molecule has 140 valence electrons. The number of sulfonamides is 1. The standard InChI is InChI=1S/C19H23ClN2O3S/c1-15(18-5-3-4-6-19(18)20)21-11-13-22(14-12-21)26(23,24)17-9-7-16(25-2)8-10-17/h3-10,15H,11-14H2,1-2H3/p+1/t15-/m0/s1. The molecule has 26 heavy (non-hydrogen) atoms. The van der Waals surface area contributed by atoms with E-state index in [4.69, 9.17) is 16.3 Å². The number of halogens is 1. The van der Waals surface area contributed by atoms with E-state index in [1.807, 2.05) is 24.3 Å². The Morgan fingerprint density at radius 1 is 1.08 bits per heavy atom. The molecule has 0 saturated carbocycles. The molecular formula is C19H24ClN2O3S+. The highest BCUT2D eigenvalue weighted by Crippen LogP contribution is 2.22. The van der Waals surface area contributed by atoms with Gasteiger partial charge in [-0.2, -0.15) is 4.31 Å². The first-order chi connectivity index (χ1) is 12.4. The zero-order valence-corrected chi connectivity index (χ0v) is 16.6. The number of rotatable bonds is 5. The third kappa shape index (κ3) is 3.88. The number of benzene rings is 2. The van der Waals surface area contributed by atoms with Crippen LogP contribution >= 0.6 is 11.6 Å². The second kappa shape index (κ2) is 7.96. The predicted octanol–water partition coefficient (Wildman–Crippen LogP) is 2.00. The summed E-state index contributed by atoms with van der Waals surface area (Å²) in [7, 11) is -1.91. The van der Waals surface area contributed by atoms with Crippen LogP contribution in [0.2, 0.25) is 5.02 Å². The van der Waals surface area contributed by atoms with E-state index < -0.39 is 10.0 Å². The monoisotopic (exact) mass is 395 g/mol. The fourth-order valence-corrected chi connectivity index (χ4v) is 5.13. The summed E-state index contributed by atoms with van der Waals surface area (Å²) >= 11 is 6.31. The fourth-order valence-electron chi connectivity index (χ4n) is 3.39. The fraction of sp³-hybridized carbons (Fsp3) is 0.368. The van der Waals surface area contributed by atoms with Gasteiger partial charge in [0.25, 0.3) is 0 Å². The third-order valence-corrected chi connectivity index (χ3v) is 7.30. The van der Waals surface area contributed by atoms with Crippen molar-refractivity contribution in [3.05, 3.63) is 59.1 Å². The van der Waals surface area contributed by atoms with E-state index in [9.17, 15) is 8.42 Å². The van der Waals surface area contributed by atoms with Gasteiger partial charge in [0.1, 0.15) is 11.8 Å². The number of quaternary nitrogens is 1. The Hall–Kier alpha value is -1.60. The average Bonchev–Trinajstić information content (AvgIpc) is 2.68. The van der Waals surface area contributed by atoms with Crippen LogP contribution in [0.25, 0.3) is 0 Å². The summed E-state index contributed by atoms with van der Waals surface area (Å²) in [6.07, 6.45) is 0. The smallest absolute Gasteiger partial charge is 0.243 e. The number of ether oxygens (including phenoxy) is 1. The van der Waals surface area contributed by atoms with E-state index in [0.29, 0.717) is 23.7 Å². The first-order valence-corrected chi connectivity index (χ1v) is 10.5. The molecule has 5 nitrogen and oxygen atoms in total. The molecule has 2 aromatic carbocycles. The molecule has 0 spiro atoms. The molecule has 1 saturated heterocycles. The van der Waals surface area contributed by atoms with Crippen LogP contribution in [0.4, 0.5) is 0 Å². The van der Waals surface area contributed by atoms with Gasteiger partial charge in [-0.3, -0.25) is 0 Å². The van der Waals surface area contributed by atoms with Gasteiger partial charge in [0.15, 0.2) is 0 Å². The van der Waals surface area contributed by atoms with Gasteiger partial charge in [0.05, 0.1) is 38.2 Å². The maximum absolute atomic E-state index is 12.8. The number of piperazine rings is 1. The summed E-state index contributed by atoms with van der Waals surface area (Å²) in [5, 5.41) is 0.765. The summed E-state index contributed by atoms with van der Waals surface area (Å²) in [6, 6.07) is 14.6. The van der Waals surface area contributed by atoms with Crippen LogP contribution < -0.4 is 9.64 Å². The van der Waals surface area contributed by atoms with Gasteiger partial charge in [-0.1, -0.05) is 29.8 Å². The predicted molar refractivity (Wildman–Crippen MR) is 102 cm³/mol. The van der Waals surface area contributed by atoms with E-state index in [1.165, 1.54) is 4.90 Å². The second-order valence-electron chi connectivity index (χ2n) is 6.48. The van der Waals surface area contributed by atoms with E-state index in [-0.39, 0.29) is 6.04 Å². The second-order valence-corrected chi connectivity index (χ2v) is 8.83. The molecular weight excluding hydrogens is 372 g/mol. The quantitative estimate of drug-likeness (QED) is 0.842. The van der Waals surface area contributed by atoms with E-state index in [1.54, 1.807) is 35.7 Å². The summed E-state index contributed by atoms with van der Waals surface area (Å²) < 4.78 is 32.3. The molecule has 0 bridgehead atoms. The minimum Gasteiger partial charge on any atom is -0.497 e. The lowest BCUT2D eigenvalue weighted by molar-refractivity contribution is -0.933. The molecule has 0 aromatic heterocycles. The van der Waals surface area contributed by atoms with Gasteiger partial charge < -0.3 is 9.64 Å². The SMILES string of the molecule is COc1ccc(S(=O)(=O)N2CC[NH+]([C@@H](C)c3ccccc3Cl)CC2)cc1. The van der Waals surface area contributed by atoms with Crippen LogP contribution in [-0.2, 0) is 10.0 Å². The Morgan fingerprint density at radius 2 is 1.69 bits per heavy atom. The molecule has 1 heterocycles. The van der Waals surface area contributed by atoms with Crippen molar-refractivity contribution in [2.75, 3.05) is 33.3 Å². The van der Waals surface area contributed by atoms with Gasteiger partial charge in [-0.05, 0) is 37.3 Å². The van der Waals surface area contributed by atoms with Crippen molar-refractivity contribution < 1.29 is 18.1 Å². The number of hydrogen-bond donors (Lipinski definition) is 1. The van der Waals surface area contributed by atoms with Gasteiger partial charge in [0, 0.05) is 10.6 Å². The average molecular weight is 396 g/mol. The summed E-state index contributed by atoms with van der Waals surface area (Å²) in [5.41, 5.74) is 1.11. The van der Waals surface area contributed by atoms with Crippen molar-refractivity contribution >= 4 is 21.6 Å². The molecule has 3 rings (SSSR count). The van der Waals surface area contributed by atoms with Gasteiger partial charge in [-0.15, -0.1) is 0 Å².